The monoisotopic (exact) mass is 304 g/mol. The van der Waals surface area contributed by atoms with Gasteiger partial charge in [0.2, 0.25) is 5.89 Å². The number of pyridine rings is 1. The Morgan fingerprint density at radius 3 is 2.78 bits per heavy atom. The molecule has 1 aromatic carbocycles. The summed E-state index contributed by atoms with van der Waals surface area (Å²) >= 11 is 0. The second-order valence-corrected chi connectivity index (χ2v) is 5.39. The van der Waals surface area contributed by atoms with Crippen LogP contribution in [0.2, 0.25) is 0 Å². The number of para-hydroxylation sites is 1. The van der Waals surface area contributed by atoms with Crippen LogP contribution in [-0.4, -0.2) is 19.7 Å². The number of nitrogens with zero attached hydrogens (tertiary/aromatic N) is 4. The van der Waals surface area contributed by atoms with E-state index in [9.17, 15) is 0 Å². The van der Waals surface area contributed by atoms with Gasteiger partial charge in [-0.15, -0.1) is 10.2 Å². The van der Waals surface area contributed by atoms with E-state index < -0.39 is 0 Å². The Morgan fingerprint density at radius 2 is 2.00 bits per heavy atom. The highest BCUT2D eigenvalue weighted by Crippen LogP contribution is 2.28. The van der Waals surface area contributed by atoms with Crippen molar-refractivity contribution in [3.63, 3.8) is 0 Å². The minimum Gasteiger partial charge on any atom is -0.419 e. The quantitative estimate of drug-likeness (QED) is 0.577. The predicted octanol–water partition coefficient (Wildman–Crippen LogP) is 3.70. The third-order valence-electron chi connectivity index (χ3n) is 3.86. The molecule has 0 unspecified atom stereocenters. The molecule has 0 amide bonds. The zero-order valence-corrected chi connectivity index (χ0v) is 12.8. The van der Waals surface area contributed by atoms with E-state index in [2.05, 4.69) is 44.0 Å². The Labute approximate surface area is 133 Å². The van der Waals surface area contributed by atoms with Gasteiger partial charge in [-0.25, -0.2) is 0 Å². The first-order valence-electron chi connectivity index (χ1n) is 7.65. The average Bonchev–Trinajstić information content (AvgIpc) is 3.21. The summed E-state index contributed by atoms with van der Waals surface area (Å²) in [7, 11) is 0. The maximum absolute atomic E-state index is 5.77. The van der Waals surface area contributed by atoms with Gasteiger partial charge in [-0.05, 0) is 23.8 Å². The van der Waals surface area contributed by atoms with Crippen molar-refractivity contribution in [3.8, 4) is 11.6 Å². The van der Waals surface area contributed by atoms with Gasteiger partial charge < -0.3 is 8.98 Å². The molecule has 0 aliphatic heterocycles. The van der Waals surface area contributed by atoms with Crippen molar-refractivity contribution in [3.05, 3.63) is 66.3 Å². The van der Waals surface area contributed by atoms with E-state index in [4.69, 9.17) is 4.42 Å². The summed E-state index contributed by atoms with van der Waals surface area (Å²) in [6, 6.07) is 14.4. The van der Waals surface area contributed by atoms with Gasteiger partial charge in [0.1, 0.15) is 5.69 Å². The topological polar surface area (TPSA) is 56.7 Å². The fourth-order valence-corrected chi connectivity index (χ4v) is 2.73. The molecule has 3 heterocycles. The molecule has 4 rings (SSSR count). The number of aryl methyl sites for hydroxylation is 1. The zero-order valence-electron chi connectivity index (χ0n) is 12.8. The molecule has 0 fully saturated rings. The smallest absolute Gasteiger partial charge is 0.264 e. The minimum absolute atomic E-state index is 0.557. The lowest BCUT2D eigenvalue weighted by Gasteiger charge is -2.08. The van der Waals surface area contributed by atoms with E-state index in [0.717, 1.165) is 28.6 Å². The van der Waals surface area contributed by atoms with E-state index in [1.807, 2.05) is 31.3 Å². The van der Waals surface area contributed by atoms with Gasteiger partial charge in [0, 0.05) is 36.3 Å². The Kier molecular flexibility index (Phi) is 3.38. The van der Waals surface area contributed by atoms with Crippen molar-refractivity contribution < 1.29 is 4.42 Å². The lowest BCUT2D eigenvalue weighted by atomic mass is 10.2. The summed E-state index contributed by atoms with van der Waals surface area (Å²) in [5.41, 5.74) is 3.20. The molecule has 3 aromatic heterocycles. The van der Waals surface area contributed by atoms with Crippen LogP contribution in [0.3, 0.4) is 0 Å². The van der Waals surface area contributed by atoms with Crippen LogP contribution in [0.1, 0.15) is 18.4 Å². The second-order valence-electron chi connectivity index (χ2n) is 5.39. The molecular formula is C18H16N4O. The van der Waals surface area contributed by atoms with Crippen molar-refractivity contribution in [2.45, 2.75) is 19.9 Å². The van der Waals surface area contributed by atoms with E-state index in [-0.39, 0.29) is 0 Å². The van der Waals surface area contributed by atoms with Crippen LogP contribution in [0, 0.1) is 0 Å². The normalized spacial score (nSPS) is 11.2. The molecule has 0 spiro atoms. The predicted molar refractivity (Wildman–Crippen MR) is 87.9 cm³/mol. The number of rotatable bonds is 4. The summed E-state index contributed by atoms with van der Waals surface area (Å²) in [5.74, 6) is 1.21. The molecule has 5 nitrogen and oxygen atoms in total. The van der Waals surface area contributed by atoms with Gasteiger partial charge >= 0.3 is 0 Å². The highest BCUT2D eigenvalue weighted by atomic mass is 16.4. The SMILES string of the molecule is CCc1nnc(-c2cc3ccccc3n2Cc2cccnc2)o1. The van der Waals surface area contributed by atoms with Gasteiger partial charge in [0.05, 0.1) is 0 Å². The summed E-state index contributed by atoms with van der Waals surface area (Å²) < 4.78 is 7.96. The third-order valence-corrected chi connectivity index (χ3v) is 3.86. The van der Waals surface area contributed by atoms with E-state index >= 15 is 0 Å². The maximum Gasteiger partial charge on any atom is 0.264 e. The molecular weight excluding hydrogens is 288 g/mol. The Balaban J connectivity index is 1.87. The van der Waals surface area contributed by atoms with Gasteiger partial charge in [0.25, 0.3) is 5.89 Å². The number of hydrogen-bond donors (Lipinski definition) is 0. The number of benzene rings is 1. The molecule has 0 saturated heterocycles. The van der Waals surface area contributed by atoms with Crippen molar-refractivity contribution in [1.29, 1.82) is 0 Å². The summed E-state index contributed by atoms with van der Waals surface area (Å²) in [6.45, 7) is 2.71. The molecule has 4 aromatic rings. The first-order valence-corrected chi connectivity index (χ1v) is 7.65. The molecule has 0 N–H and O–H groups in total. The van der Waals surface area contributed by atoms with Gasteiger partial charge in [-0.3, -0.25) is 4.98 Å². The van der Waals surface area contributed by atoms with Crippen molar-refractivity contribution >= 4 is 10.9 Å². The van der Waals surface area contributed by atoms with Crippen LogP contribution in [-0.2, 0) is 13.0 Å². The maximum atomic E-state index is 5.77. The summed E-state index contributed by atoms with van der Waals surface area (Å²) in [6.07, 6.45) is 4.39. The summed E-state index contributed by atoms with van der Waals surface area (Å²) in [4.78, 5) is 4.20. The summed E-state index contributed by atoms with van der Waals surface area (Å²) in [5, 5.41) is 9.44. The molecule has 0 radical (unpaired) electrons. The van der Waals surface area contributed by atoms with Crippen molar-refractivity contribution in [2.24, 2.45) is 0 Å². The van der Waals surface area contributed by atoms with Crippen LogP contribution in [0.15, 0.2) is 59.3 Å². The Hall–Kier alpha value is -2.95. The van der Waals surface area contributed by atoms with Gasteiger partial charge in [-0.1, -0.05) is 31.2 Å². The number of fused-ring (bicyclic) bond motifs is 1. The van der Waals surface area contributed by atoms with Crippen LogP contribution >= 0.6 is 0 Å². The molecule has 0 atom stereocenters. The molecule has 0 bridgehead atoms. The minimum atomic E-state index is 0.557. The van der Waals surface area contributed by atoms with Crippen molar-refractivity contribution in [1.82, 2.24) is 19.7 Å². The van der Waals surface area contributed by atoms with Crippen LogP contribution in [0.5, 0.6) is 0 Å². The fourth-order valence-electron chi connectivity index (χ4n) is 2.73. The first kappa shape index (κ1) is 13.7. The molecule has 0 aliphatic rings. The average molecular weight is 304 g/mol. The molecule has 23 heavy (non-hydrogen) atoms. The van der Waals surface area contributed by atoms with Gasteiger partial charge in [-0.2, -0.15) is 0 Å². The molecule has 114 valence electrons. The van der Waals surface area contributed by atoms with Crippen LogP contribution < -0.4 is 0 Å². The molecule has 0 aliphatic carbocycles. The Bertz CT molecular complexity index is 940. The second kappa shape index (κ2) is 5.68. The lowest BCUT2D eigenvalue weighted by Crippen LogP contribution is -2.02. The Morgan fingerprint density at radius 1 is 1.09 bits per heavy atom. The highest BCUT2D eigenvalue weighted by Gasteiger charge is 2.16. The number of hydrogen-bond acceptors (Lipinski definition) is 4. The standard InChI is InChI=1S/C18H16N4O/c1-2-17-20-21-18(23-17)16-10-14-7-3-4-8-15(14)22(16)12-13-6-5-9-19-11-13/h3-11H,2,12H2,1H3. The van der Waals surface area contributed by atoms with E-state index in [0.29, 0.717) is 18.3 Å². The lowest BCUT2D eigenvalue weighted by molar-refractivity contribution is 0.509. The van der Waals surface area contributed by atoms with Gasteiger partial charge in [0.15, 0.2) is 0 Å². The van der Waals surface area contributed by atoms with Crippen LogP contribution in [0.4, 0.5) is 0 Å². The fraction of sp³-hybridized carbons (Fsp3) is 0.167. The van der Waals surface area contributed by atoms with Crippen molar-refractivity contribution in [2.75, 3.05) is 0 Å². The van der Waals surface area contributed by atoms with Crippen LogP contribution in [0.25, 0.3) is 22.5 Å². The highest BCUT2D eigenvalue weighted by molar-refractivity contribution is 5.85. The largest absolute Gasteiger partial charge is 0.419 e. The molecule has 0 saturated carbocycles. The van der Waals surface area contributed by atoms with E-state index in [1.54, 1.807) is 6.20 Å². The molecule has 5 heteroatoms. The zero-order chi connectivity index (χ0) is 15.6. The first-order chi connectivity index (χ1) is 11.3. The van der Waals surface area contributed by atoms with E-state index in [1.165, 1.54) is 0 Å². The third kappa shape index (κ3) is 2.50. The number of aromatic nitrogens is 4.